The first kappa shape index (κ1) is 18.9. The van der Waals surface area contributed by atoms with Gasteiger partial charge in [0.25, 0.3) is 0 Å². The van der Waals surface area contributed by atoms with Crippen molar-refractivity contribution in [3.05, 3.63) is 71.8 Å². The molecule has 0 radical (unpaired) electrons. The van der Waals surface area contributed by atoms with E-state index < -0.39 is 0 Å². The standard InChI is InChI=1S/C23H19ClN2O3/c1-28-17-11-16(12-18(13-17)29-2)25-22-21(14-6-4-3-5-7-14)19-10-15(24)8-9-20(19)26-23(22)27/h3-13,25H,1-2H3,(H,26,27)/p-1. The normalized spacial score (nSPS) is 10.7. The second-order valence-corrected chi connectivity index (χ2v) is 6.86. The molecular formula is C23H18ClN2O3-. The Morgan fingerprint density at radius 3 is 2.24 bits per heavy atom. The Hall–Kier alpha value is -3.44. The molecule has 0 aliphatic heterocycles. The molecule has 6 heteroatoms. The number of nitrogens with zero attached hydrogens (tertiary/aromatic N) is 1. The zero-order valence-corrected chi connectivity index (χ0v) is 16.7. The summed E-state index contributed by atoms with van der Waals surface area (Å²) in [5.41, 5.74) is 3.23. The highest BCUT2D eigenvalue weighted by Crippen LogP contribution is 2.41. The number of methoxy groups -OCH3 is 2. The van der Waals surface area contributed by atoms with Crippen LogP contribution in [0.4, 0.5) is 11.4 Å². The molecular weight excluding hydrogens is 388 g/mol. The van der Waals surface area contributed by atoms with E-state index in [4.69, 9.17) is 21.1 Å². The fraction of sp³-hybridized carbons (Fsp3) is 0.0870. The second kappa shape index (κ2) is 7.89. The first-order valence-electron chi connectivity index (χ1n) is 8.95. The largest absolute Gasteiger partial charge is 0.857 e. The molecule has 1 heterocycles. The van der Waals surface area contributed by atoms with Gasteiger partial charge in [0, 0.05) is 45.7 Å². The van der Waals surface area contributed by atoms with Crippen LogP contribution in [0.2, 0.25) is 5.02 Å². The number of ether oxygens (including phenoxy) is 2. The van der Waals surface area contributed by atoms with E-state index in [2.05, 4.69) is 10.3 Å². The van der Waals surface area contributed by atoms with Crippen molar-refractivity contribution in [1.29, 1.82) is 0 Å². The number of fused-ring (bicyclic) bond motifs is 1. The van der Waals surface area contributed by atoms with Gasteiger partial charge in [-0.15, -0.1) is 0 Å². The molecule has 1 aromatic heterocycles. The van der Waals surface area contributed by atoms with E-state index in [1.54, 1.807) is 44.6 Å². The summed E-state index contributed by atoms with van der Waals surface area (Å²) in [5.74, 6) is 0.857. The van der Waals surface area contributed by atoms with Gasteiger partial charge in [0.15, 0.2) is 0 Å². The van der Waals surface area contributed by atoms with Crippen LogP contribution in [0.1, 0.15) is 0 Å². The molecule has 146 valence electrons. The molecule has 4 rings (SSSR count). The van der Waals surface area contributed by atoms with E-state index in [0.717, 1.165) is 16.5 Å². The molecule has 0 unspecified atom stereocenters. The van der Waals surface area contributed by atoms with Crippen LogP contribution >= 0.6 is 11.6 Å². The second-order valence-electron chi connectivity index (χ2n) is 6.42. The van der Waals surface area contributed by atoms with Crippen LogP contribution in [0.5, 0.6) is 17.4 Å². The summed E-state index contributed by atoms with van der Waals surface area (Å²) >= 11 is 6.25. The first-order valence-corrected chi connectivity index (χ1v) is 9.32. The van der Waals surface area contributed by atoms with Gasteiger partial charge in [-0.3, -0.25) is 4.98 Å². The third-order valence-corrected chi connectivity index (χ3v) is 4.83. The number of nitrogens with one attached hydrogen (secondary N) is 1. The summed E-state index contributed by atoms with van der Waals surface area (Å²) in [7, 11) is 3.15. The third kappa shape index (κ3) is 3.77. The molecule has 3 aromatic carbocycles. The van der Waals surface area contributed by atoms with E-state index in [1.165, 1.54) is 0 Å². The third-order valence-electron chi connectivity index (χ3n) is 4.60. The number of benzene rings is 3. The average Bonchev–Trinajstić information content (AvgIpc) is 2.75. The van der Waals surface area contributed by atoms with Crippen LogP contribution in [0.15, 0.2) is 66.7 Å². The molecule has 4 aromatic rings. The summed E-state index contributed by atoms with van der Waals surface area (Å²) in [6.45, 7) is 0. The van der Waals surface area contributed by atoms with Gasteiger partial charge in [-0.2, -0.15) is 0 Å². The van der Waals surface area contributed by atoms with Gasteiger partial charge in [-0.25, -0.2) is 0 Å². The Bertz CT molecular complexity index is 1160. The van der Waals surface area contributed by atoms with E-state index in [-0.39, 0.29) is 5.88 Å². The van der Waals surface area contributed by atoms with Crippen molar-refractivity contribution in [2.45, 2.75) is 0 Å². The van der Waals surface area contributed by atoms with Crippen LogP contribution in [0.25, 0.3) is 22.0 Å². The zero-order chi connectivity index (χ0) is 20.4. The topological polar surface area (TPSA) is 66.4 Å². The van der Waals surface area contributed by atoms with Crippen molar-refractivity contribution >= 4 is 33.9 Å². The SMILES string of the molecule is COc1cc(Nc2c([O-])nc3ccc(Cl)cc3c2-c2ccccc2)cc(OC)c1. The molecule has 0 amide bonds. The van der Waals surface area contributed by atoms with Crippen LogP contribution in [0, 0.1) is 0 Å². The fourth-order valence-electron chi connectivity index (χ4n) is 3.26. The lowest BCUT2D eigenvalue weighted by molar-refractivity contribution is -0.273. The van der Waals surface area contributed by atoms with E-state index in [1.807, 2.05) is 36.4 Å². The Morgan fingerprint density at radius 1 is 0.897 bits per heavy atom. The molecule has 0 aliphatic carbocycles. The average molecular weight is 406 g/mol. The van der Waals surface area contributed by atoms with Gasteiger partial charge < -0.3 is 19.9 Å². The lowest BCUT2D eigenvalue weighted by Crippen LogP contribution is -2.04. The predicted octanol–water partition coefficient (Wildman–Crippen LogP) is 5.39. The van der Waals surface area contributed by atoms with Crippen molar-refractivity contribution in [1.82, 2.24) is 4.98 Å². The van der Waals surface area contributed by atoms with E-state index in [0.29, 0.717) is 33.4 Å². The van der Waals surface area contributed by atoms with Gasteiger partial charge >= 0.3 is 0 Å². The number of hydrogen-bond donors (Lipinski definition) is 1. The molecule has 5 nitrogen and oxygen atoms in total. The summed E-state index contributed by atoms with van der Waals surface area (Å²) in [5, 5.41) is 17.5. The Morgan fingerprint density at radius 2 is 1.59 bits per heavy atom. The minimum Gasteiger partial charge on any atom is -0.857 e. The van der Waals surface area contributed by atoms with Gasteiger partial charge in [-0.1, -0.05) is 41.9 Å². The highest BCUT2D eigenvalue weighted by Gasteiger charge is 2.14. The summed E-state index contributed by atoms with van der Waals surface area (Å²) < 4.78 is 10.7. The number of aromatic nitrogens is 1. The highest BCUT2D eigenvalue weighted by molar-refractivity contribution is 6.31. The zero-order valence-electron chi connectivity index (χ0n) is 15.9. The van der Waals surface area contributed by atoms with Crippen LogP contribution in [-0.2, 0) is 0 Å². The molecule has 29 heavy (non-hydrogen) atoms. The van der Waals surface area contributed by atoms with Crippen molar-refractivity contribution in [3.63, 3.8) is 0 Å². The fourth-order valence-corrected chi connectivity index (χ4v) is 3.43. The molecule has 0 spiro atoms. The number of anilines is 2. The maximum Gasteiger partial charge on any atom is 0.124 e. The molecule has 0 fully saturated rings. The van der Waals surface area contributed by atoms with Crippen LogP contribution in [-0.4, -0.2) is 19.2 Å². The smallest absolute Gasteiger partial charge is 0.124 e. The van der Waals surface area contributed by atoms with Crippen molar-refractivity contribution < 1.29 is 14.6 Å². The van der Waals surface area contributed by atoms with E-state index >= 15 is 0 Å². The van der Waals surface area contributed by atoms with Gasteiger partial charge in [0.05, 0.1) is 25.4 Å². The molecule has 0 atom stereocenters. The maximum absolute atomic E-state index is 13.0. The number of halogens is 1. The molecule has 0 bridgehead atoms. The summed E-state index contributed by atoms with van der Waals surface area (Å²) in [6.07, 6.45) is 0. The molecule has 1 N–H and O–H groups in total. The Kier molecular flexibility index (Phi) is 5.14. The van der Waals surface area contributed by atoms with Crippen LogP contribution < -0.4 is 19.9 Å². The van der Waals surface area contributed by atoms with Gasteiger partial charge in [-0.05, 0) is 23.8 Å². The molecule has 0 saturated carbocycles. The molecule has 0 saturated heterocycles. The van der Waals surface area contributed by atoms with Crippen molar-refractivity contribution in [3.8, 4) is 28.5 Å². The van der Waals surface area contributed by atoms with Crippen LogP contribution in [0.3, 0.4) is 0 Å². The Labute approximate surface area is 173 Å². The monoisotopic (exact) mass is 405 g/mol. The lowest BCUT2D eigenvalue weighted by atomic mass is 9.99. The quantitative estimate of drug-likeness (QED) is 0.482. The molecule has 0 aliphatic rings. The highest BCUT2D eigenvalue weighted by atomic mass is 35.5. The number of rotatable bonds is 5. The number of hydrogen-bond acceptors (Lipinski definition) is 5. The minimum absolute atomic E-state index is 0.361. The Balaban J connectivity index is 1.96. The van der Waals surface area contributed by atoms with Gasteiger partial charge in [0.1, 0.15) is 11.5 Å². The van der Waals surface area contributed by atoms with Crippen molar-refractivity contribution in [2.24, 2.45) is 0 Å². The summed E-state index contributed by atoms with van der Waals surface area (Å²) in [6, 6.07) is 20.3. The number of pyridine rings is 1. The predicted molar refractivity (Wildman–Crippen MR) is 114 cm³/mol. The lowest BCUT2D eigenvalue weighted by Gasteiger charge is -2.22. The summed E-state index contributed by atoms with van der Waals surface area (Å²) in [4.78, 5) is 4.25. The van der Waals surface area contributed by atoms with E-state index in [9.17, 15) is 5.11 Å². The van der Waals surface area contributed by atoms with Crippen molar-refractivity contribution in [2.75, 3.05) is 19.5 Å². The maximum atomic E-state index is 13.0. The first-order chi connectivity index (χ1) is 14.1. The minimum atomic E-state index is -0.361. The van der Waals surface area contributed by atoms with Gasteiger partial charge in [0.2, 0.25) is 0 Å².